The van der Waals surface area contributed by atoms with Gasteiger partial charge in [0, 0.05) is 29.2 Å². The minimum Gasteiger partial charge on any atom is -0.490 e. The van der Waals surface area contributed by atoms with E-state index >= 15 is 0 Å². The van der Waals surface area contributed by atoms with Crippen molar-refractivity contribution < 1.29 is 14.9 Å². The molecule has 0 amide bonds. The average Bonchev–Trinajstić information content (AvgIpc) is 3.33. The van der Waals surface area contributed by atoms with Gasteiger partial charge in [-0.15, -0.1) is 0 Å². The predicted octanol–water partition coefficient (Wildman–Crippen LogP) is 3.66. The third-order valence-corrected chi connectivity index (χ3v) is 5.45. The Morgan fingerprint density at radius 2 is 2.15 bits per heavy atom. The van der Waals surface area contributed by atoms with E-state index in [0.29, 0.717) is 38.9 Å². The maximum atomic E-state index is 11.0. The SMILES string of the molecule is CC(C)(O)Cn1cc(NC(O)c2cnn3cccnc23)c(-c2cc(Cl)ccc2OC2CC2)n1. The maximum Gasteiger partial charge on any atom is 0.162 e. The lowest BCUT2D eigenvalue weighted by Gasteiger charge is -2.16. The molecule has 3 N–H and O–H groups in total. The van der Waals surface area contributed by atoms with E-state index in [1.54, 1.807) is 66.0 Å². The number of ether oxygens (including phenoxy) is 1. The average molecular weight is 469 g/mol. The monoisotopic (exact) mass is 468 g/mol. The molecule has 10 heteroatoms. The number of hydrogen-bond donors (Lipinski definition) is 3. The van der Waals surface area contributed by atoms with Crippen LogP contribution in [0.1, 0.15) is 38.5 Å². The zero-order valence-corrected chi connectivity index (χ0v) is 19.1. The number of hydrogen-bond acceptors (Lipinski definition) is 7. The fourth-order valence-electron chi connectivity index (χ4n) is 3.62. The van der Waals surface area contributed by atoms with Gasteiger partial charge >= 0.3 is 0 Å². The molecule has 1 aromatic carbocycles. The van der Waals surface area contributed by atoms with E-state index in [2.05, 4.69) is 15.4 Å². The van der Waals surface area contributed by atoms with E-state index in [-0.39, 0.29) is 12.6 Å². The number of nitrogens with one attached hydrogen (secondary N) is 1. The van der Waals surface area contributed by atoms with Crippen LogP contribution in [0, 0.1) is 0 Å². The van der Waals surface area contributed by atoms with Crippen LogP contribution in [0.3, 0.4) is 0 Å². The van der Waals surface area contributed by atoms with Gasteiger partial charge in [0.1, 0.15) is 11.4 Å². The third kappa shape index (κ3) is 4.80. The number of aliphatic hydroxyl groups is 2. The molecule has 1 saturated carbocycles. The molecule has 1 atom stereocenters. The molecular weight excluding hydrogens is 444 g/mol. The Balaban J connectivity index is 1.55. The first kappa shape index (κ1) is 21.7. The van der Waals surface area contributed by atoms with Gasteiger partial charge in [-0.1, -0.05) is 11.6 Å². The van der Waals surface area contributed by atoms with E-state index in [9.17, 15) is 10.2 Å². The van der Waals surface area contributed by atoms with Crippen molar-refractivity contribution in [2.75, 3.05) is 5.32 Å². The second-order valence-electron chi connectivity index (χ2n) is 8.89. The van der Waals surface area contributed by atoms with E-state index in [4.69, 9.17) is 21.4 Å². The zero-order chi connectivity index (χ0) is 23.2. The number of rotatable bonds is 8. The fraction of sp³-hybridized carbons (Fsp3) is 0.348. The molecule has 0 radical (unpaired) electrons. The minimum atomic E-state index is -1.09. The van der Waals surface area contributed by atoms with Crippen molar-refractivity contribution in [2.24, 2.45) is 0 Å². The molecule has 3 heterocycles. The van der Waals surface area contributed by atoms with Crippen LogP contribution >= 0.6 is 11.6 Å². The zero-order valence-electron chi connectivity index (χ0n) is 18.3. The molecule has 172 valence electrons. The first-order valence-corrected chi connectivity index (χ1v) is 11.1. The summed E-state index contributed by atoms with van der Waals surface area (Å²) in [7, 11) is 0. The van der Waals surface area contributed by atoms with Gasteiger partial charge in [0.2, 0.25) is 0 Å². The third-order valence-electron chi connectivity index (χ3n) is 5.22. The molecule has 0 bridgehead atoms. The van der Waals surface area contributed by atoms with Crippen LogP contribution in [0.15, 0.2) is 49.1 Å². The van der Waals surface area contributed by atoms with Gasteiger partial charge < -0.3 is 20.3 Å². The number of anilines is 1. The summed E-state index contributed by atoms with van der Waals surface area (Å²) in [6, 6.07) is 7.18. The molecule has 1 aliphatic rings. The summed E-state index contributed by atoms with van der Waals surface area (Å²) in [4.78, 5) is 4.31. The van der Waals surface area contributed by atoms with E-state index in [0.717, 1.165) is 12.8 Å². The van der Waals surface area contributed by atoms with Crippen LogP contribution in [0.2, 0.25) is 5.02 Å². The van der Waals surface area contributed by atoms with Gasteiger partial charge in [0.25, 0.3) is 0 Å². The van der Waals surface area contributed by atoms with Crippen LogP contribution in [0.25, 0.3) is 16.9 Å². The summed E-state index contributed by atoms with van der Waals surface area (Å²) in [5, 5.41) is 33.9. The highest BCUT2D eigenvalue weighted by molar-refractivity contribution is 6.31. The fourth-order valence-corrected chi connectivity index (χ4v) is 3.79. The van der Waals surface area contributed by atoms with Crippen LogP contribution in [-0.2, 0) is 6.54 Å². The standard InChI is InChI=1S/C23H25ClN6O3/c1-23(2,32)13-29-12-18(27-22(31)17-11-26-30-9-3-8-25-21(17)30)20(28-29)16-10-14(24)4-7-19(16)33-15-5-6-15/h3-4,7-12,15,22,27,31-32H,5-6,13H2,1-2H3. The molecule has 1 fully saturated rings. The van der Waals surface area contributed by atoms with Crippen molar-refractivity contribution in [2.45, 2.75) is 51.2 Å². The van der Waals surface area contributed by atoms with Gasteiger partial charge in [-0.2, -0.15) is 10.2 Å². The molecule has 1 aliphatic carbocycles. The summed E-state index contributed by atoms with van der Waals surface area (Å²) < 4.78 is 9.33. The quantitative estimate of drug-likeness (QED) is 0.338. The highest BCUT2D eigenvalue weighted by Crippen LogP contribution is 2.40. The highest BCUT2D eigenvalue weighted by atomic mass is 35.5. The highest BCUT2D eigenvalue weighted by Gasteiger charge is 2.27. The van der Waals surface area contributed by atoms with Crippen molar-refractivity contribution >= 4 is 22.9 Å². The molecule has 5 rings (SSSR count). The van der Waals surface area contributed by atoms with Crippen LogP contribution in [-0.4, -0.2) is 46.3 Å². The van der Waals surface area contributed by atoms with Gasteiger partial charge in [0.15, 0.2) is 11.9 Å². The molecule has 0 saturated heterocycles. The van der Waals surface area contributed by atoms with E-state index < -0.39 is 11.8 Å². The summed E-state index contributed by atoms with van der Waals surface area (Å²) in [5.41, 5.74) is 1.91. The number of aromatic nitrogens is 5. The minimum absolute atomic E-state index is 0.190. The van der Waals surface area contributed by atoms with Crippen molar-refractivity contribution in [1.82, 2.24) is 24.4 Å². The second-order valence-corrected chi connectivity index (χ2v) is 9.33. The molecule has 9 nitrogen and oxygen atoms in total. The maximum absolute atomic E-state index is 11.0. The lowest BCUT2D eigenvalue weighted by atomic mass is 10.1. The first-order chi connectivity index (χ1) is 15.8. The topological polar surface area (TPSA) is 110 Å². The summed E-state index contributed by atoms with van der Waals surface area (Å²) >= 11 is 6.32. The Morgan fingerprint density at radius 1 is 1.33 bits per heavy atom. The molecule has 4 aromatic rings. The largest absolute Gasteiger partial charge is 0.490 e. The summed E-state index contributed by atoms with van der Waals surface area (Å²) in [6.45, 7) is 3.68. The van der Waals surface area contributed by atoms with Crippen molar-refractivity contribution in [3.63, 3.8) is 0 Å². The van der Waals surface area contributed by atoms with Gasteiger partial charge in [-0.25, -0.2) is 9.50 Å². The second kappa shape index (κ2) is 8.33. The molecule has 0 spiro atoms. The Hall–Kier alpha value is -3.14. The lowest BCUT2D eigenvalue weighted by molar-refractivity contribution is 0.0578. The van der Waals surface area contributed by atoms with E-state index in [1.807, 2.05) is 6.07 Å². The smallest absolute Gasteiger partial charge is 0.162 e. The number of nitrogens with zero attached hydrogens (tertiary/aromatic N) is 5. The number of aliphatic hydroxyl groups excluding tert-OH is 1. The van der Waals surface area contributed by atoms with Crippen molar-refractivity contribution in [1.29, 1.82) is 0 Å². The predicted molar refractivity (Wildman–Crippen MR) is 124 cm³/mol. The summed E-state index contributed by atoms with van der Waals surface area (Å²) in [5.74, 6) is 0.672. The van der Waals surface area contributed by atoms with E-state index in [1.165, 1.54) is 0 Å². The Kier molecular flexibility index (Phi) is 5.48. The number of benzene rings is 1. The van der Waals surface area contributed by atoms with Gasteiger partial charge in [0.05, 0.1) is 35.7 Å². The molecule has 0 aliphatic heterocycles. The van der Waals surface area contributed by atoms with Crippen molar-refractivity contribution in [3.8, 4) is 17.0 Å². The Bertz CT molecular complexity index is 1290. The summed E-state index contributed by atoms with van der Waals surface area (Å²) in [6.07, 6.45) is 7.85. The lowest BCUT2D eigenvalue weighted by Crippen LogP contribution is -2.26. The number of halogens is 1. The van der Waals surface area contributed by atoms with Crippen LogP contribution in [0.5, 0.6) is 5.75 Å². The normalized spacial score (nSPS) is 15.1. The Morgan fingerprint density at radius 3 is 2.91 bits per heavy atom. The molecular formula is C23H25ClN6O3. The van der Waals surface area contributed by atoms with Crippen molar-refractivity contribution in [3.05, 3.63) is 59.6 Å². The molecule has 1 unspecified atom stereocenters. The van der Waals surface area contributed by atoms with Gasteiger partial charge in [-0.3, -0.25) is 4.68 Å². The molecule has 33 heavy (non-hydrogen) atoms. The number of fused-ring (bicyclic) bond motifs is 1. The first-order valence-electron chi connectivity index (χ1n) is 10.8. The molecule has 3 aromatic heterocycles. The van der Waals surface area contributed by atoms with Crippen LogP contribution in [0.4, 0.5) is 5.69 Å². The van der Waals surface area contributed by atoms with Crippen LogP contribution < -0.4 is 10.1 Å². The Labute approximate surface area is 195 Å². The van der Waals surface area contributed by atoms with Gasteiger partial charge in [-0.05, 0) is 51.0 Å².